The standard InChI is InChI=1S/C29H25ClN2O5S/c1-36-24-14-20(13-23(30)27(24)37-18-19-7-3-2-4-8-19)15-25-28(34)32(29(35)38-25)17-26(33)31-12-11-21-9-5-6-10-22(21)16-31/h2-10,13-15H,11-12,16-18H2,1H3/b25-15-. The van der Waals surface area contributed by atoms with Gasteiger partial charge in [0.2, 0.25) is 5.91 Å². The first kappa shape index (κ1) is 25.9. The van der Waals surface area contributed by atoms with E-state index in [-0.39, 0.29) is 17.4 Å². The lowest BCUT2D eigenvalue weighted by molar-refractivity contribution is -0.136. The maximum absolute atomic E-state index is 13.1. The molecule has 0 aliphatic carbocycles. The Balaban J connectivity index is 1.28. The predicted molar refractivity (Wildman–Crippen MR) is 147 cm³/mol. The Morgan fingerprint density at radius 3 is 2.55 bits per heavy atom. The zero-order valence-electron chi connectivity index (χ0n) is 20.7. The van der Waals surface area contributed by atoms with Gasteiger partial charge in [0.05, 0.1) is 17.0 Å². The number of thioether (sulfide) groups is 1. The van der Waals surface area contributed by atoms with Crippen molar-refractivity contribution in [3.8, 4) is 11.5 Å². The molecule has 1 saturated heterocycles. The average molecular weight is 549 g/mol. The highest BCUT2D eigenvalue weighted by atomic mass is 35.5. The molecule has 2 heterocycles. The molecule has 0 radical (unpaired) electrons. The van der Waals surface area contributed by atoms with Crippen molar-refractivity contribution in [2.24, 2.45) is 0 Å². The van der Waals surface area contributed by atoms with Crippen molar-refractivity contribution in [3.05, 3.63) is 98.9 Å². The second-order valence-corrected chi connectivity index (χ2v) is 10.3. The van der Waals surface area contributed by atoms with E-state index in [9.17, 15) is 14.4 Å². The van der Waals surface area contributed by atoms with Crippen molar-refractivity contribution in [3.63, 3.8) is 0 Å². The third kappa shape index (κ3) is 5.56. The van der Waals surface area contributed by atoms with Crippen LogP contribution < -0.4 is 9.47 Å². The fourth-order valence-electron chi connectivity index (χ4n) is 4.42. The quantitative estimate of drug-likeness (QED) is 0.360. The zero-order valence-corrected chi connectivity index (χ0v) is 22.3. The summed E-state index contributed by atoms with van der Waals surface area (Å²) in [4.78, 5) is 41.6. The second kappa shape index (κ2) is 11.3. The van der Waals surface area contributed by atoms with Gasteiger partial charge in [0.15, 0.2) is 11.5 Å². The molecule has 3 aromatic carbocycles. The number of imide groups is 1. The van der Waals surface area contributed by atoms with Crippen molar-refractivity contribution < 1.29 is 23.9 Å². The van der Waals surface area contributed by atoms with Crippen LogP contribution in [0.2, 0.25) is 5.02 Å². The van der Waals surface area contributed by atoms with E-state index < -0.39 is 11.1 Å². The lowest BCUT2D eigenvalue weighted by atomic mass is 10.00. The Kier molecular flexibility index (Phi) is 7.72. The van der Waals surface area contributed by atoms with Crippen LogP contribution in [0, 0.1) is 0 Å². The van der Waals surface area contributed by atoms with E-state index >= 15 is 0 Å². The monoisotopic (exact) mass is 548 g/mol. The van der Waals surface area contributed by atoms with Crippen LogP contribution in [-0.2, 0) is 29.2 Å². The smallest absolute Gasteiger partial charge is 0.294 e. The highest BCUT2D eigenvalue weighted by molar-refractivity contribution is 8.18. The molecule has 5 rings (SSSR count). The third-order valence-corrected chi connectivity index (χ3v) is 7.61. The molecule has 194 valence electrons. The van der Waals surface area contributed by atoms with Gasteiger partial charge in [-0.3, -0.25) is 19.3 Å². The van der Waals surface area contributed by atoms with E-state index in [4.69, 9.17) is 21.1 Å². The Morgan fingerprint density at radius 1 is 1.05 bits per heavy atom. The molecule has 3 amide bonds. The van der Waals surface area contributed by atoms with E-state index in [1.807, 2.05) is 48.5 Å². The summed E-state index contributed by atoms with van der Waals surface area (Å²) in [7, 11) is 1.50. The van der Waals surface area contributed by atoms with Gasteiger partial charge in [0, 0.05) is 13.1 Å². The minimum atomic E-state index is -0.509. The van der Waals surface area contributed by atoms with Crippen molar-refractivity contribution in [1.82, 2.24) is 9.80 Å². The molecule has 3 aromatic rings. The van der Waals surface area contributed by atoms with Crippen molar-refractivity contribution in [2.45, 2.75) is 19.6 Å². The summed E-state index contributed by atoms with van der Waals surface area (Å²) in [6.45, 7) is 1.04. The number of benzene rings is 3. The summed E-state index contributed by atoms with van der Waals surface area (Å²) >= 11 is 7.29. The molecule has 0 bridgehead atoms. The average Bonchev–Trinajstić information content (AvgIpc) is 3.19. The zero-order chi connectivity index (χ0) is 26.6. The number of carbonyl (C=O) groups excluding carboxylic acids is 3. The molecule has 7 nitrogen and oxygen atoms in total. The van der Waals surface area contributed by atoms with E-state index in [1.165, 1.54) is 12.7 Å². The molecule has 0 spiro atoms. The molecule has 0 atom stereocenters. The fraction of sp³-hybridized carbons (Fsp3) is 0.207. The first-order valence-corrected chi connectivity index (χ1v) is 13.3. The molecular formula is C29H25ClN2O5S. The summed E-state index contributed by atoms with van der Waals surface area (Å²) in [5.74, 6) is 0.0226. The molecule has 0 aromatic heterocycles. The molecule has 0 N–H and O–H groups in total. The maximum Gasteiger partial charge on any atom is 0.294 e. The topological polar surface area (TPSA) is 76.2 Å². The molecule has 0 saturated carbocycles. The van der Waals surface area contributed by atoms with Crippen molar-refractivity contribution in [2.75, 3.05) is 20.2 Å². The van der Waals surface area contributed by atoms with Gasteiger partial charge in [0.25, 0.3) is 11.1 Å². The lowest BCUT2D eigenvalue weighted by Crippen LogP contribution is -2.44. The van der Waals surface area contributed by atoms with Gasteiger partial charge in [-0.25, -0.2) is 0 Å². The van der Waals surface area contributed by atoms with Crippen LogP contribution in [-0.4, -0.2) is 47.1 Å². The van der Waals surface area contributed by atoms with E-state index in [2.05, 4.69) is 6.07 Å². The molecular weight excluding hydrogens is 524 g/mol. The van der Waals surface area contributed by atoms with Crippen LogP contribution in [0.5, 0.6) is 11.5 Å². The van der Waals surface area contributed by atoms with Gasteiger partial charge < -0.3 is 14.4 Å². The normalized spacial score (nSPS) is 16.1. The van der Waals surface area contributed by atoms with Crippen molar-refractivity contribution in [1.29, 1.82) is 0 Å². The van der Waals surface area contributed by atoms with Crippen LogP contribution in [0.3, 0.4) is 0 Å². The summed E-state index contributed by atoms with van der Waals surface area (Å²) < 4.78 is 11.4. The number of hydrogen-bond donors (Lipinski definition) is 0. The van der Waals surface area contributed by atoms with Gasteiger partial charge in [-0.1, -0.05) is 66.2 Å². The number of ether oxygens (including phenoxy) is 2. The molecule has 2 aliphatic rings. The number of rotatable bonds is 7. The van der Waals surface area contributed by atoms with Crippen LogP contribution >= 0.6 is 23.4 Å². The summed E-state index contributed by atoms with van der Waals surface area (Å²) in [5, 5.41) is -0.167. The summed E-state index contributed by atoms with van der Waals surface area (Å²) in [6.07, 6.45) is 2.32. The number of fused-ring (bicyclic) bond motifs is 1. The van der Waals surface area contributed by atoms with E-state index in [0.717, 1.165) is 34.2 Å². The van der Waals surface area contributed by atoms with E-state index in [1.54, 1.807) is 23.1 Å². The molecule has 0 unspecified atom stereocenters. The first-order chi connectivity index (χ1) is 18.4. The number of halogens is 1. The molecule has 38 heavy (non-hydrogen) atoms. The van der Waals surface area contributed by atoms with Gasteiger partial charge in [-0.2, -0.15) is 0 Å². The molecule has 9 heteroatoms. The Hall–Kier alpha value is -3.75. The number of amides is 3. The third-order valence-electron chi connectivity index (χ3n) is 6.43. The van der Waals surface area contributed by atoms with Crippen LogP contribution in [0.25, 0.3) is 6.08 Å². The Morgan fingerprint density at radius 2 is 1.79 bits per heavy atom. The highest BCUT2D eigenvalue weighted by Gasteiger charge is 2.37. The Labute approximate surface area is 230 Å². The van der Waals surface area contributed by atoms with Crippen LogP contribution in [0.1, 0.15) is 22.3 Å². The summed E-state index contributed by atoms with van der Waals surface area (Å²) in [6, 6.07) is 21.0. The number of carbonyl (C=O) groups is 3. The van der Waals surface area contributed by atoms with Crippen LogP contribution in [0.15, 0.2) is 71.6 Å². The van der Waals surface area contributed by atoms with Gasteiger partial charge in [-0.05, 0) is 58.6 Å². The van der Waals surface area contributed by atoms with Gasteiger partial charge in [-0.15, -0.1) is 0 Å². The number of methoxy groups -OCH3 is 1. The molecule has 2 aliphatic heterocycles. The highest BCUT2D eigenvalue weighted by Crippen LogP contribution is 2.39. The van der Waals surface area contributed by atoms with Gasteiger partial charge in [0.1, 0.15) is 13.2 Å². The first-order valence-electron chi connectivity index (χ1n) is 12.1. The minimum absolute atomic E-state index is 0.211. The largest absolute Gasteiger partial charge is 0.493 e. The predicted octanol–water partition coefficient (Wildman–Crippen LogP) is 5.55. The SMILES string of the molecule is COc1cc(/C=C2\SC(=O)N(CC(=O)N3CCc4ccccc4C3)C2=O)cc(Cl)c1OCc1ccccc1. The number of hydrogen-bond acceptors (Lipinski definition) is 6. The van der Waals surface area contributed by atoms with Crippen LogP contribution in [0.4, 0.5) is 4.79 Å². The van der Waals surface area contributed by atoms with E-state index in [0.29, 0.717) is 41.8 Å². The second-order valence-electron chi connectivity index (χ2n) is 8.91. The number of nitrogens with zero attached hydrogens (tertiary/aromatic N) is 2. The van der Waals surface area contributed by atoms with Gasteiger partial charge >= 0.3 is 0 Å². The Bertz CT molecular complexity index is 1430. The fourth-order valence-corrected chi connectivity index (χ4v) is 5.54. The van der Waals surface area contributed by atoms with Crippen molar-refractivity contribution >= 4 is 46.5 Å². The maximum atomic E-state index is 13.1. The molecule has 1 fully saturated rings. The minimum Gasteiger partial charge on any atom is -0.493 e. The lowest BCUT2D eigenvalue weighted by Gasteiger charge is -2.29. The summed E-state index contributed by atoms with van der Waals surface area (Å²) in [5.41, 5.74) is 3.86.